The molecule has 0 spiro atoms. The standard InChI is InChI=1S/C26H32ClFN6O4/c1-2-3-11-37-25(36)34-16-5-6-17(34)14-32(13-16)23-18-12-29-22(27)20(28)21(18)30-24(31-23)38-15-26-8-4-10-33(26)19(35)7-9-26/h12,16-17H,2-11,13-15H2,1H3. The average molecular weight is 547 g/mol. The Labute approximate surface area is 225 Å². The normalized spacial score (nSPS) is 26.4. The highest BCUT2D eigenvalue weighted by Crippen LogP contribution is 2.41. The van der Waals surface area contributed by atoms with Gasteiger partial charge in [-0.25, -0.2) is 14.2 Å². The van der Waals surface area contributed by atoms with Crippen LogP contribution in [0.3, 0.4) is 0 Å². The van der Waals surface area contributed by atoms with Crippen LogP contribution in [0.1, 0.15) is 58.3 Å². The number of rotatable bonds is 7. The number of anilines is 1. The molecule has 3 unspecified atom stereocenters. The Balaban J connectivity index is 1.27. The summed E-state index contributed by atoms with van der Waals surface area (Å²) in [6.45, 7) is 4.52. The van der Waals surface area contributed by atoms with Crippen molar-refractivity contribution in [3.05, 3.63) is 17.2 Å². The second kappa shape index (κ2) is 9.98. The maximum absolute atomic E-state index is 15.1. The SMILES string of the molecule is CCCCOC(=O)N1C2CCC1CN(c1nc(OCC34CCCN3C(=O)CC4)nc3c(F)c(Cl)ncc13)C2. The Morgan fingerprint density at radius 1 is 1.24 bits per heavy atom. The number of nitrogens with zero attached hydrogens (tertiary/aromatic N) is 6. The van der Waals surface area contributed by atoms with Gasteiger partial charge in [0.15, 0.2) is 11.0 Å². The van der Waals surface area contributed by atoms with E-state index in [0.29, 0.717) is 37.3 Å². The van der Waals surface area contributed by atoms with Crippen LogP contribution in [0, 0.1) is 5.82 Å². The molecule has 0 radical (unpaired) electrons. The lowest BCUT2D eigenvalue weighted by Crippen LogP contribution is -2.56. The topological polar surface area (TPSA) is 101 Å². The van der Waals surface area contributed by atoms with Crippen molar-refractivity contribution in [2.45, 2.75) is 75.9 Å². The molecular weight excluding hydrogens is 515 g/mol. The summed E-state index contributed by atoms with van der Waals surface area (Å²) in [6, 6.07) is -0.0152. The van der Waals surface area contributed by atoms with Crippen LogP contribution in [-0.4, -0.2) is 87.2 Å². The molecule has 0 N–H and O–H groups in total. The van der Waals surface area contributed by atoms with Gasteiger partial charge in [0, 0.05) is 32.3 Å². The first-order valence-corrected chi connectivity index (χ1v) is 13.9. The van der Waals surface area contributed by atoms with Gasteiger partial charge >= 0.3 is 12.1 Å². The Morgan fingerprint density at radius 2 is 2.03 bits per heavy atom. The first-order chi connectivity index (χ1) is 18.4. The second-order valence-corrected chi connectivity index (χ2v) is 11.1. The molecule has 4 saturated heterocycles. The van der Waals surface area contributed by atoms with Gasteiger partial charge in [0.2, 0.25) is 5.91 Å². The summed E-state index contributed by atoms with van der Waals surface area (Å²) >= 11 is 6.01. The summed E-state index contributed by atoms with van der Waals surface area (Å²) < 4.78 is 26.7. The van der Waals surface area contributed by atoms with Gasteiger partial charge in [0.25, 0.3) is 0 Å². The minimum atomic E-state index is -0.726. The Morgan fingerprint density at radius 3 is 2.79 bits per heavy atom. The summed E-state index contributed by atoms with van der Waals surface area (Å²) in [5.74, 6) is -0.0700. The number of ether oxygens (including phenoxy) is 2. The molecule has 2 bridgehead atoms. The van der Waals surface area contributed by atoms with Crippen molar-refractivity contribution < 1.29 is 23.5 Å². The minimum Gasteiger partial charge on any atom is -0.461 e. The van der Waals surface area contributed by atoms with E-state index in [0.717, 1.165) is 51.5 Å². The van der Waals surface area contributed by atoms with Crippen LogP contribution < -0.4 is 9.64 Å². The maximum Gasteiger partial charge on any atom is 0.410 e. The number of piperazine rings is 1. The molecule has 12 heteroatoms. The molecule has 0 aliphatic carbocycles. The quantitative estimate of drug-likeness (QED) is 0.380. The van der Waals surface area contributed by atoms with Gasteiger partial charge in [0.05, 0.1) is 29.6 Å². The average Bonchev–Trinajstić information content (AvgIpc) is 3.55. The molecular formula is C26H32ClFN6O4. The Hall–Kier alpha value is -2.95. The van der Waals surface area contributed by atoms with Crippen LogP contribution in [0.4, 0.5) is 15.0 Å². The zero-order valence-corrected chi connectivity index (χ0v) is 22.3. The first-order valence-electron chi connectivity index (χ1n) is 13.6. The lowest BCUT2D eigenvalue weighted by Gasteiger charge is -2.41. The Bertz CT molecular complexity index is 1250. The molecule has 4 aliphatic rings. The molecule has 6 heterocycles. The number of halogens is 2. The van der Waals surface area contributed by atoms with Gasteiger partial charge in [-0.1, -0.05) is 24.9 Å². The monoisotopic (exact) mass is 546 g/mol. The molecule has 4 fully saturated rings. The van der Waals surface area contributed by atoms with Gasteiger partial charge in [-0.15, -0.1) is 0 Å². The minimum absolute atomic E-state index is 0.0298. The van der Waals surface area contributed by atoms with E-state index in [1.807, 2.05) is 9.80 Å². The smallest absolute Gasteiger partial charge is 0.410 e. The number of aromatic nitrogens is 3. The molecule has 6 rings (SSSR count). The predicted octanol–water partition coefficient (Wildman–Crippen LogP) is 3.94. The van der Waals surface area contributed by atoms with Crippen LogP contribution in [0.15, 0.2) is 6.20 Å². The van der Waals surface area contributed by atoms with E-state index in [1.165, 1.54) is 6.20 Å². The van der Waals surface area contributed by atoms with Gasteiger partial charge in [-0.2, -0.15) is 9.97 Å². The van der Waals surface area contributed by atoms with E-state index in [2.05, 4.69) is 21.8 Å². The van der Waals surface area contributed by atoms with Crippen molar-refractivity contribution in [1.82, 2.24) is 24.8 Å². The van der Waals surface area contributed by atoms with E-state index >= 15 is 4.39 Å². The summed E-state index contributed by atoms with van der Waals surface area (Å²) in [5.41, 5.74) is -0.311. The van der Waals surface area contributed by atoms with E-state index in [-0.39, 0.29) is 52.9 Å². The summed E-state index contributed by atoms with van der Waals surface area (Å²) in [6.07, 6.45) is 7.78. The molecule has 2 aromatic heterocycles. The number of hydrogen-bond acceptors (Lipinski definition) is 8. The van der Waals surface area contributed by atoms with E-state index < -0.39 is 5.82 Å². The van der Waals surface area contributed by atoms with Crippen molar-refractivity contribution in [3.63, 3.8) is 0 Å². The molecule has 38 heavy (non-hydrogen) atoms. The maximum atomic E-state index is 15.1. The number of unbranched alkanes of at least 4 members (excludes halogenated alkanes) is 1. The molecule has 3 atom stereocenters. The fraction of sp³-hybridized carbons (Fsp3) is 0.654. The summed E-state index contributed by atoms with van der Waals surface area (Å²) in [4.78, 5) is 44.0. The third-order valence-corrected chi connectivity index (χ3v) is 8.75. The predicted molar refractivity (Wildman–Crippen MR) is 138 cm³/mol. The molecule has 2 aromatic rings. The molecule has 4 aliphatic heterocycles. The first kappa shape index (κ1) is 25.3. The van der Waals surface area contributed by atoms with Crippen LogP contribution in [0.25, 0.3) is 10.9 Å². The number of fused-ring (bicyclic) bond motifs is 4. The highest BCUT2D eigenvalue weighted by atomic mass is 35.5. The largest absolute Gasteiger partial charge is 0.461 e. The van der Waals surface area contributed by atoms with Crippen molar-refractivity contribution >= 4 is 40.3 Å². The van der Waals surface area contributed by atoms with Gasteiger partial charge in [0.1, 0.15) is 17.9 Å². The number of carbonyl (C=O) groups is 2. The van der Waals surface area contributed by atoms with Crippen LogP contribution >= 0.6 is 11.6 Å². The van der Waals surface area contributed by atoms with E-state index in [9.17, 15) is 9.59 Å². The fourth-order valence-electron chi connectivity index (χ4n) is 6.54. The van der Waals surface area contributed by atoms with Gasteiger partial charge in [-0.3, -0.25) is 9.69 Å². The zero-order valence-electron chi connectivity index (χ0n) is 21.5. The summed E-state index contributed by atoms with van der Waals surface area (Å²) in [5, 5.41) is 0.170. The van der Waals surface area contributed by atoms with Crippen molar-refractivity contribution in [3.8, 4) is 6.01 Å². The molecule has 204 valence electrons. The van der Waals surface area contributed by atoms with E-state index in [1.54, 1.807) is 0 Å². The van der Waals surface area contributed by atoms with Crippen molar-refractivity contribution in [2.75, 3.05) is 37.7 Å². The fourth-order valence-corrected chi connectivity index (χ4v) is 6.68. The molecule has 0 aromatic carbocycles. The lowest BCUT2D eigenvalue weighted by molar-refractivity contribution is -0.130. The van der Waals surface area contributed by atoms with Crippen LogP contribution in [0.2, 0.25) is 5.15 Å². The zero-order chi connectivity index (χ0) is 26.4. The second-order valence-electron chi connectivity index (χ2n) is 10.8. The molecule has 10 nitrogen and oxygen atoms in total. The van der Waals surface area contributed by atoms with Crippen molar-refractivity contribution in [1.29, 1.82) is 0 Å². The van der Waals surface area contributed by atoms with Crippen LogP contribution in [-0.2, 0) is 9.53 Å². The third-order valence-electron chi connectivity index (χ3n) is 8.49. The van der Waals surface area contributed by atoms with Gasteiger partial charge in [-0.05, 0) is 38.5 Å². The number of hydrogen-bond donors (Lipinski definition) is 0. The Kier molecular flexibility index (Phi) is 6.65. The number of pyridine rings is 1. The third kappa shape index (κ3) is 4.28. The van der Waals surface area contributed by atoms with E-state index in [4.69, 9.17) is 26.1 Å². The summed E-state index contributed by atoms with van der Waals surface area (Å²) in [7, 11) is 0. The molecule has 0 saturated carbocycles. The number of amides is 2. The number of carbonyl (C=O) groups excluding carboxylic acids is 2. The highest BCUT2D eigenvalue weighted by molar-refractivity contribution is 6.30. The lowest BCUT2D eigenvalue weighted by atomic mass is 9.95. The van der Waals surface area contributed by atoms with Gasteiger partial charge < -0.3 is 19.3 Å². The van der Waals surface area contributed by atoms with Crippen LogP contribution in [0.5, 0.6) is 6.01 Å². The highest BCUT2D eigenvalue weighted by Gasteiger charge is 2.49. The van der Waals surface area contributed by atoms with Crippen molar-refractivity contribution in [2.24, 2.45) is 0 Å². The molecule has 2 amide bonds.